The van der Waals surface area contributed by atoms with Crippen molar-refractivity contribution in [3.63, 3.8) is 0 Å². The van der Waals surface area contributed by atoms with E-state index in [9.17, 15) is 13.6 Å². The number of ether oxygens (including phenoxy) is 1. The van der Waals surface area contributed by atoms with Gasteiger partial charge in [0.2, 0.25) is 5.91 Å². The van der Waals surface area contributed by atoms with Gasteiger partial charge in [0.25, 0.3) is 0 Å². The van der Waals surface area contributed by atoms with E-state index in [0.29, 0.717) is 23.6 Å². The van der Waals surface area contributed by atoms with Crippen molar-refractivity contribution in [1.29, 1.82) is 0 Å². The van der Waals surface area contributed by atoms with Gasteiger partial charge < -0.3 is 20.4 Å². The molecule has 5 nitrogen and oxygen atoms in total. The lowest BCUT2D eigenvalue weighted by Crippen LogP contribution is -2.41. The summed E-state index contributed by atoms with van der Waals surface area (Å²) >= 11 is 0. The van der Waals surface area contributed by atoms with Crippen LogP contribution >= 0.6 is 12.4 Å². The Kier molecular flexibility index (Phi) is 6.84. The number of fused-ring (bicyclic) bond motifs is 2. The Morgan fingerprint density at radius 3 is 2.76 bits per heavy atom. The number of carbonyl (C=O) groups is 1. The van der Waals surface area contributed by atoms with Crippen LogP contribution in [-0.4, -0.2) is 28.4 Å². The zero-order valence-corrected chi connectivity index (χ0v) is 19.8. The van der Waals surface area contributed by atoms with Crippen molar-refractivity contribution in [1.82, 2.24) is 9.88 Å². The van der Waals surface area contributed by atoms with E-state index in [4.69, 9.17) is 10.5 Å². The molecule has 1 aromatic heterocycles. The molecule has 0 saturated heterocycles. The summed E-state index contributed by atoms with van der Waals surface area (Å²) < 4.78 is 33.8. The number of aromatic amines is 1. The summed E-state index contributed by atoms with van der Waals surface area (Å²) in [6.45, 7) is 2.92. The third-order valence-electron chi connectivity index (χ3n) is 7.04. The van der Waals surface area contributed by atoms with Crippen molar-refractivity contribution in [2.75, 3.05) is 6.54 Å². The number of nitrogens with one attached hydrogen (secondary N) is 1. The zero-order chi connectivity index (χ0) is 23.1. The van der Waals surface area contributed by atoms with E-state index in [1.165, 1.54) is 24.6 Å². The average molecular weight is 488 g/mol. The number of hydrogen-bond donors (Lipinski definition) is 2. The predicted molar refractivity (Wildman–Crippen MR) is 130 cm³/mol. The van der Waals surface area contributed by atoms with Crippen LogP contribution in [0.3, 0.4) is 0 Å². The van der Waals surface area contributed by atoms with Crippen LogP contribution in [0.4, 0.5) is 8.78 Å². The van der Waals surface area contributed by atoms with E-state index in [0.717, 1.165) is 48.0 Å². The second-order valence-corrected chi connectivity index (χ2v) is 9.07. The Bertz CT molecular complexity index is 1250. The number of amides is 1. The molecule has 0 bridgehead atoms. The van der Waals surface area contributed by atoms with Gasteiger partial charge in [-0.15, -0.1) is 12.4 Å². The average Bonchev–Trinajstić information content (AvgIpc) is 3.18. The molecule has 1 fully saturated rings. The van der Waals surface area contributed by atoms with Crippen LogP contribution in [-0.2, 0) is 6.42 Å². The molecule has 1 saturated carbocycles. The monoisotopic (exact) mass is 487 g/mol. The van der Waals surface area contributed by atoms with Crippen LogP contribution < -0.4 is 10.5 Å². The number of benzene rings is 2. The molecule has 5 rings (SSSR count). The minimum absolute atomic E-state index is 0. The SMILES string of the molecule is C[C@@H](CCN(C1=COc2c(F)ccc(C(N)=O)c2C1)C1CCC1)c1c[nH]c2ccc(F)cc12.Cl. The standard InChI is InChI=1S/C26H27F2N3O2.ClH/c1-15(22-13-30-24-8-5-16(27)11-20(22)24)9-10-31(17-3-2-4-17)18-12-21-19(26(29)32)6-7-23(28)25(21)33-14-18;/h5-8,11,13-15,17,30H,2-4,9-10,12H2,1H3,(H2,29,32);1H/t15-;/m0./s1. The van der Waals surface area contributed by atoms with E-state index in [1.54, 1.807) is 18.4 Å². The van der Waals surface area contributed by atoms with Crippen molar-refractivity contribution >= 4 is 29.2 Å². The maximum Gasteiger partial charge on any atom is 0.249 e. The smallest absolute Gasteiger partial charge is 0.249 e. The highest BCUT2D eigenvalue weighted by molar-refractivity contribution is 5.95. The number of aromatic nitrogens is 1. The largest absolute Gasteiger partial charge is 0.460 e. The molecule has 3 N–H and O–H groups in total. The van der Waals surface area contributed by atoms with Crippen LogP contribution in [0, 0.1) is 11.6 Å². The predicted octanol–water partition coefficient (Wildman–Crippen LogP) is 5.79. The normalized spacial score (nSPS) is 16.0. The number of nitrogens with two attached hydrogens (primary N) is 1. The first kappa shape index (κ1) is 24.1. The van der Waals surface area contributed by atoms with Gasteiger partial charge in [-0.1, -0.05) is 6.92 Å². The van der Waals surface area contributed by atoms with E-state index >= 15 is 0 Å². The van der Waals surface area contributed by atoms with Gasteiger partial charge in [-0.25, -0.2) is 8.78 Å². The molecule has 2 aliphatic rings. The quantitative estimate of drug-likeness (QED) is 0.443. The first-order valence-electron chi connectivity index (χ1n) is 11.4. The minimum atomic E-state index is -0.591. The third-order valence-corrected chi connectivity index (χ3v) is 7.04. The van der Waals surface area contributed by atoms with Crippen molar-refractivity contribution < 1.29 is 18.3 Å². The molecular weight excluding hydrogens is 460 g/mol. The number of hydrogen-bond acceptors (Lipinski definition) is 3. The van der Waals surface area contributed by atoms with Crippen molar-refractivity contribution in [3.05, 3.63) is 76.8 Å². The highest BCUT2D eigenvalue weighted by Crippen LogP contribution is 2.37. The van der Waals surface area contributed by atoms with Gasteiger partial charge in [-0.05, 0) is 67.5 Å². The van der Waals surface area contributed by atoms with E-state index in [2.05, 4.69) is 16.8 Å². The number of halogens is 3. The van der Waals surface area contributed by atoms with Crippen LogP contribution in [0.2, 0.25) is 0 Å². The second-order valence-electron chi connectivity index (χ2n) is 9.07. The summed E-state index contributed by atoms with van der Waals surface area (Å²) in [7, 11) is 0. The van der Waals surface area contributed by atoms with Gasteiger partial charge in [0, 0.05) is 47.2 Å². The summed E-state index contributed by atoms with van der Waals surface area (Å²) in [5, 5.41) is 0.911. The Labute approximate surface area is 203 Å². The van der Waals surface area contributed by atoms with Crippen LogP contribution in [0.5, 0.6) is 5.75 Å². The molecule has 0 spiro atoms. The summed E-state index contributed by atoms with van der Waals surface area (Å²) in [4.78, 5) is 17.5. The summed E-state index contributed by atoms with van der Waals surface area (Å²) in [5.74, 6) is -1.04. The molecular formula is C26H28ClF2N3O2. The van der Waals surface area contributed by atoms with Gasteiger partial charge in [-0.2, -0.15) is 0 Å². The highest BCUT2D eigenvalue weighted by atomic mass is 35.5. The maximum atomic E-state index is 14.3. The first-order valence-corrected chi connectivity index (χ1v) is 11.4. The van der Waals surface area contributed by atoms with Crippen LogP contribution in [0.1, 0.15) is 60.0 Å². The first-order chi connectivity index (χ1) is 15.9. The fourth-order valence-corrected chi connectivity index (χ4v) is 4.92. The molecule has 1 aliphatic heterocycles. The van der Waals surface area contributed by atoms with Gasteiger partial charge >= 0.3 is 0 Å². The maximum absolute atomic E-state index is 14.3. The number of carbonyl (C=O) groups excluding carboxylic acids is 1. The van der Waals surface area contributed by atoms with E-state index in [-0.39, 0.29) is 29.9 Å². The van der Waals surface area contributed by atoms with Crippen molar-refractivity contribution in [2.24, 2.45) is 5.73 Å². The highest BCUT2D eigenvalue weighted by Gasteiger charge is 2.31. The second kappa shape index (κ2) is 9.66. The molecule has 2 aromatic carbocycles. The zero-order valence-electron chi connectivity index (χ0n) is 18.9. The number of H-pyrrole nitrogens is 1. The number of allylic oxidation sites excluding steroid dienone is 1. The van der Waals surface area contributed by atoms with Gasteiger partial charge in [0.1, 0.15) is 12.1 Å². The van der Waals surface area contributed by atoms with Gasteiger partial charge in [0.15, 0.2) is 11.6 Å². The molecule has 1 atom stereocenters. The summed E-state index contributed by atoms with van der Waals surface area (Å²) in [6, 6.07) is 7.83. The lowest BCUT2D eigenvalue weighted by Gasteiger charge is -2.42. The Hall–Kier alpha value is -3.06. The van der Waals surface area contributed by atoms with Crippen LogP contribution in [0.15, 0.2) is 48.5 Å². The van der Waals surface area contributed by atoms with E-state index in [1.807, 2.05) is 6.20 Å². The van der Waals surface area contributed by atoms with Gasteiger partial charge in [0.05, 0.1) is 5.70 Å². The topological polar surface area (TPSA) is 71.3 Å². The number of primary amides is 1. The molecule has 1 aliphatic carbocycles. The molecule has 0 unspecified atom stereocenters. The minimum Gasteiger partial charge on any atom is -0.460 e. The fourth-order valence-electron chi connectivity index (χ4n) is 4.92. The van der Waals surface area contributed by atoms with Gasteiger partial charge in [-0.3, -0.25) is 4.79 Å². The molecule has 8 heteroatoms. The number of nitrogens with zero attached hydrogens (tertiary/aromatic N) is 1. The molecule has 3 aromatic rings. The molecule has 180 valence electrons. The Morgan fingerprint density at radius 1 is 1.26 bits per heavy atom. The summed E-state index contributed by atoms with van der Waals surface area (Å²) in [6.07, 6.45) is 8.17. The number of rotatable bonds is 7. The fraction of sp³-hybridized carbons (Fsp3) is 0.346. The lowest BCUT2D eigenvalue weighted by atomic mass is 9.88. The Balaban J connectivity index is 0.00000274. The molecule has 2 heterocycles. The van der Waals surface area contributed by atoms with Crippen molar-refractivity contribution in [3.8, 4) is 5.75 Å². The van der Waals surface area contributed by atoms with Crippen molar-refractivity contribution in [2.45, 2.75) is 51.0 Å². The molecule has 1 amide bonds. The molecule has 0 radical (unpaired) electrons. The summed E-state index contributed by atoms with van der Waals surface area (Å²) in [5.41, 5.74) is 9.28. The third kappa shape index (κ3) is 4.37. The lowest BCUT2D eigenvalue weighted by molar-refractivity contribution is 0.0998. The Morgan fingerprint density at radius 2 is 2.06 bits per heavy atom. The van der Waals surface area contributed by atoms with Crippen LogP contribution in [0.25, 0.3) is 10.9 Å². The molecule has 34 heavy (non-hydrogen) atoms. The van der Waals surface area contributed by atoms with E-state index < -0.39 is 11.7 Å².